The quantitative estimate of drug-likeness (QED) is 0.471. The van der Waals surface area contributed by atoms with E-state index in [1.165, 1.54) is 6.07 Å². The molecule has 178 valence electrons. The Balaban J connectivity index is 1.47. The molecule has 2 N–H and O–H groups in total. The first-order valence-electron chi connectivity index (χ1n) is 11.6. The van der Waals surface area contributed by atoms with Gasteiger partial charge < -0.3 is 19.9 Å². The number of halogens is 1. The molecule has 4 aromatic rings. The van der Waals surface area contributed by atoms with E-state index in [1.807, 2.05) is 26.2 Å². The molecule has 1 aromatic carbocycles. The summed E-state index contributed by atoms with van der Waals surface area (Å²) < 4.78 is 18.9. The molecule has 0 saturated carbocycles. The lowest BCUT2D eigenvalue weighted by atomic mass is 10.0. The topological polar surface area (TPSA) is 92.4 Å². The summed E-state index contributed by atoms with van der Waals surface area (Å²) >= 11 is 0. The molecule has 1 saturated heterocycles. The fraction of sp³-hybridized carbons (Fsp3) is 0.417. The molecule has 0 bridgehead atoms. The number of aryl methyl sites for hydroxylation is 3. The van der Waals surface area contributed by atoms with Crippen LogP contribution >= 0.6 is 0 Å². The van der Waals surface area contributed by atoms with Crippen LogP contribution in [0.2, 0.25) is 0 Å². The molecule has 1 amide bonds. The van der Waals surface area contributed by atoms with Gasteiger partial charge in [0, 0.05) is 44.0 Å². The molecule has 1 aliphatic heterocycles. The van der Waals surface area contributed by atoms with Gasteiger partial charge in [0.05, 0.1) is 23.3 Å². The molecule has 1 aliphatic rings. The van der Waals surface area contributed by atoms with Crippen LogP contribution in [0.1, 0.15) is 41.5 Å². The number of carbonyl (C=O) groups is 1. The highest BCUT2D eigenvalue weighted by Crippen LogP contribution is 2.33. The van der Waals surface area contributed by atoms with E-state index in [0.717, 1.165) is 54.9 Å². The Kier molecular flexibility index (Phi) is 5.68. The van der Waals surface area contributed by atoms with Crippen molar-refractivity contribution in [3.8, 4) is 0 Å². The van der Waals surface area contributed by atoms with Crippen LogP contribution in [0.5, 0.6) is 0 Å². The van der Waals surface area contributed by atoms with Gasteiger partial charge in [0.15, 0.2) is 11.5 Å². The number of fused-ring (bicyclic) bond motifs is 2. The van der Waals surface area contributed by atoms with E-state index in [-0.39, 0.29) is 5.56 Å². The third kappa shape index (κ3) is 3.98. The number of aromatic nitrogens is 5. The summed E-state index contributed by atoms with van der Waals surface area (Å²) in [4.78, 5) is 24.2. The van der Waals surface area contributed by atoms with Crippen LogP contribution in [0.25, 0.3) is 16.6 Å². The minimum Gasteiger partial charge on any atom is -0.371 e. The lowest BCUT2D eigenvalue weighted by molar-refractivity contribution is 0.102. The maximum atomic E-state index is 15.4. The van der Waals surface area contributed by atoms with Crippen molar-refractivity contribution in [2.45, 2.75) is 39.7 Å². The van der Waals surface area contributed by atoms with Crippen molar-refractivity contribution < 1.29 is 9.18 Å². The predicted octanol–water partition coefficient (Wildman–Crippen LogP) is 3.20. The normalized spacial score (nSPS) is 14.9. The second-order valence-corrected chi connectivity index (χ2v) is 8.92. The average molecular weight is 465 g/mol. The zero-order valence-corrected chi connectivity index (χ0v) is 19.9. The van der Waals surface area contributed by atoms with Gasteiger partial charge in [-0.3, -0.25) is 14.5 Å². The van der Waals surface area contributed by atoms with Gasteiger partial charge >= 0.3 is 0 Å². The molecule has 9 nitrogen and oxygen atoms in total. The van der Waals surface area contributed by atoms with Crippen LogP contribution in [0, 0.1) is 19.7 Å². The van der Waals surface area contributed by atoms with Crippen LogP contribution in [0.15, 0.2) is 24.7 Å². The Morgan fingerprint density at radius 2 is 1.94 bits per heavy atom. The standard InChI is InChI=1S/C24H29FN8O/c1-5-26-16-6-8-32(9-7-16)19-10-18(25)21(22-17(19)12-31(4)30-22)24(34)29-20-13-33-11-14(2)27-15(3)23(33)28-20/h10-13,16,26H,5-9H2,1-4H3,(H,29,34). The Morgan fingerprint density at radius 1 is 1.18 bits per heavy atom. The van der Waals surface area contributed by atoms with E-state index in [1.54, 1.807) is 22.3 Å². The number of carbonyl (C=O) groups excluding carboxylic acids is 1. The number of nitrogens with one attached hydrogen (secondary N) is 2. The van der Waals surface area contributed by atoms with Crippen molar-refractivity contribution in [1.29, 1.82) is 0 Å². The maximum Gasteiger partial charge on any atom is 0.262 e. The lowest BCUT2D eigenvalue weighted by Crippen LogP contribution is -2.42. The molecule has 10 heteroatoms. The number of piperidine rings is 1. The highest BCUT2D eigenvalue weighted by molar-refractivity contribution is 6.14. The second-order valence-electron chi connectivity index (χ2n) is 8.92. The molecule has 4 heterocycles. The van der Waals surface area contributed by atoms with Gasteiger partial charge in [-0.1, -0.05) is 6.92 Å². The zero-order chi connectivity index (χ0) is 24.0. The summed E-state index contributed by atoms with van der Waals surface area (Å²) in [5.41, 5.74) is 3.27. The summed E-state index contributed by atoms with van der Waals surface area (Å²) in [5.74, 6) is -0.840. The Hall–Kier alpha value is -3.53. The fourth-order valence-electron chi connectivity index (χ4n) is 4.88. The van der Waals surface area contributed by atoms with Crippen LogP contribution in [0.3, 0.4) is 0 Å². The van der Waals surface area contributed by atoms with Gasteiger partial charge in [0.1, 0.15) is 16.9 Å². The number of rotatable bonds is 5. The van der Waals surface area contributed by atoms with Gasteiger partial charge in [-0.25, -0.2) is 9.37 Å². The van der Waals surface area contributed by atoms with Gasteiger partial charge in [-0.15, -0.1) is 0 Å². The molecule has 34 heavy (non-hydrogen) atoms. The number of imidazole rings is 1. The molecule has 0 spiro atoms. The number of hydrogen-bond acceptors (Lipinski definition) is 6. The number of hydrogen-bond donors (Lipinski definition) is 2. The van der Waals surface area contributed by atoms with E-state index in [2.05, 4.69) is 37.5 Å². The molecule has 0 atom stereocenters. The average Bonchev–Trinajstić information content (AvgIpc) is 3.36. The smallest absolute Gasteiger partial charge is 0.262 e. The third-order valence-electron chi connectivity index (χ3n) is 6.37. The molecule has 0 radical (unpaired) electrons. The van der Waals surface area contributed by atoms with Crippen LogP contribution in [0.4, 0.5) is 15.9 Å². The summed E-state index contributed by atoms with van der Waals surface area (Å²) in [6, 6.07) is 1.95. The van der Waals surface area contributed by atoms with E-state index in [4.69, 9.17) is 0 Å². The van der Waals surface area contributed by atoms with E-state index in [9.17, 15) is 4.79 Å². The van der Waals surface area contributed by atoms with Crippen molar-refractivity contribution in [2.75, 3.05) is 29.9 Å². The fourth-order valence-corrected chi connectivity index (χ4v) is 4.88. The predicted molar refractivity (Wildman–Crippen MR) is 130 cm³/mol. The zero-order valence-electron chi connectivity index (χ0n) is 19.9. The van der Waals surface area contributed by atoms with Gasteiger partial charge in [-0.2, -0.15) is 5.10 Å². The number of amides is 1. The van der Waals surface area contributed by atoms with E-state index < -0.39 is 11.7 Å². The Bertz CT molecular complexity index is 1380. The monoisotopic (exact) mass is 464 g/mol. The SMILES string of the molecule is CCNC1CCN(c2cc(F)c(C(=O)Nc3cn4cc(C)nc(C)c4n3)c3nn(C)cc23)CC1. The van der Waals surface area contributed by atoms with Crippen molar-refractivity contribution in [3.05, 3.63) is 47.4 Å². The molecule has 3 aromatic heterocycles. The Morgan fingerprint density at radius 3 is 2.68 bits per heavy atom. The van der Waals surface area contributed by atoms with Gasteiger partial charge in [0.25, 0.3) is 5.91 Å². The van der Waals surface area contributed by atoms with Crippen molar-refractivity contribution in [2.24, 2.45) is 7.05 Å². The largest absolute Gasteiger partial charge is 0.371 e. The molecule has 0 unspecified atom stereocenters. The van der Waals surface area contributed by atoms with Crippen molar-refractivity contribution >= 4 is 34.0 Å². The number of anilines is 2. The molecule has 0 aliphatic carbocycles. The summed E-state index contributed by atoms with van der Waals surface area (Å²) in [6.45, 7) is 8.44. The second kappa shape index (κ2) is 8.68. The highest BCUT2D eigenvalue weighted by atomic mass is 19.1. The summed E-state index contributed by atoms with van der Waals surface area (Å²) in [7, 11) is 1.78. The van der Waals surface area contributed by atoms with Crippen molar-refractivity contribution in [1.82, 2.24) is 29.5 Å². The van der Waals surface area contributed by atoms with Crippen LogP contribution < -0.4 is 15.5 Å². The molecule has 5 rings (SSSR count). The number of benzene rings is 1. The van der Waals surface area contributed by atoms with E-state index >= 15 is 4.39 Å². The van der Waals surface area contributed by atoms with E-state index in [0.29, 0.717) is 23.0 Å². The highest BCUT2D eigenvalue weighted by Gasteiger charge is 2.26. The first kappa shape index (κ1) is 22.3. The minimum atomic E-state index is -0.593. The van der Waals surface area contributed by atoms with Gasteiger partial charge in [0.2, 0.25) is 0 Å². The molecule has 1 fully saturated rings. The Labute approximate surface area is 197 Å². The molecular formula is C24H29FN8O. The van der Waals surface area contributed by atoms with Crippen LogP contribution in [-0.2, 0) is 7.05 Å². The number of nitrogens with zero attached hydrogens (tertiary/aromatic N) is 6. The van der Waals surface area contributed by atoms with Crippen LogP contribution in [-0.4, -0.2) is 55.7 Å². The first-order valence-corrected chi connectivity index (χ1v) is 11.6. The third-order valence-corrected chi connectivity index (χ3v) is 6.37. The summed E-state index contributed by atoms with van der Waals surface area (Å²) in [6.07, 6.45) is 7.35. The maximum absolute atomic E-state index is 15.4. The summed E-state index contributed by atoms with van der Waals surface area (Å²) in [5, 5.41) is 11.4. The first-order chi connectivity index (χ1) is 16.3. The lowest BCUT2D eigenvalue weighted by Gasteiger charge is -2.34. The van der Waals surface area contributed by atoms with Crippen molar-refractivity contribution in [3.63, 3.8) is 0 Å². The minimum absolute atomic E-state index is 0.0787. The van der Waals surface area contributed by atoms with Gasteiger partial charge in [-0.05, 0) is 39.3 Å². The molecular weight excluding hydrogens is 435 g/mol.